The Balaban J connectivity index is 1.89. The highest BCUT2D eigenvalue weighted by Crippen LogP contribution is 2.42. The zero-order valence-electron chi connectivity index (χ0n) is 10.1. The van der Waals surface area contributed by atoms with Gasteiger partial charge in [0.2, 0.25) is 0 Å². The first-order valence-electron chi connectivity index (χ1n) is 6.77. The van der Waals surface area contributed by atoms with Crippen molar-refractivity contribution in [3.05, 3.63) is 11.8 Å². The summed E-state index contributed by atoms with van der Waals surface area (Å²) in [7, 11) is 0. The van der Waals surface area contributed by atoms with Crippen molar-refractivity contribution in [2.75, 3.05) is 0 Å². The van der Waals surface area contributed by atoms with E-state index in [1.54, 1.807) is 0 Å². The van der Waals surface area contributed by atoms with Crippen molar-refractivity contribution in [1.82, 2.24) is 4.90 Å². The lowest BCUT2D eigenvalue weighted by molar-refractivity contribution is -0.117. The lowest BCUT2D eigenvalue weighted by Gasteiger charge is -2.50. The summed E-state index contributed by atoms with van der Waals surface area (Å²) in [6, 6.07) is 1.19. The number of carbonyl (C=O) groups is 1. The standard InChI is InChI=1S/C14H21NO/c1-10-8-13(16)9-12-7-6-11-4-2-3-5-14(11)15(10)12/h9-11,14H,2-8H2,1H3. The molecule has 3 unspecified atom stereocenters. The van der Waals surface area contributed by atoms with E-state index in [1.807, 2.05) is 6.08 Å². The second kappa shape index (κ2) is 3.90. The summed E-state index contributed by atoms with van der Waals surface area (Å²) in [5.41, 5.74) is 1.34. The van der Waals surface area contributed by atoms with Crippen LogP contribution in [0.5, 0.6) is 0 Å². The van der Waals surface area contributed by atoms with Crippen molar-refractivity contribution in [3.63, 3.8) is 0 Å². The molecule has 0 amide bonds. The predicted octanol–water partition coefficient (Wildman–Crippen LogP) is 2.89. The minimum atomic E-state index is 0.341. The van der Waals surface area contributed by atoms with Crippen molar-refractivity contribution in [2.24, 2.45) is 5.92 Å². The summed E-state index contributed by atoms with van der Waals surface area (Å²) >= 11 is 0. The van der Waals surface area contributed by atoms with Gasteiger partial charge in [-0.1, -0.05) is 12.8 Å². The molecule has 3 rings (SSSR count). The molecule has 0 spiro atoms. The van der Waals surface area contributed by atoms with E-state index in [0.717, 1.165) is 24.8 Å². The predicted molar refractivity (Wildman–Crippen MR) is 64.0 cm³/mol. The van der Waals surface area contributed by atoms with Gasteiger partial charge in [0, 0.05) is 30.3 Å². The summed E-state index contributed by atoms with van der Waals surface area (Å²) in [5, 5.41) is 0. The van der Waals surface area contributed by atoms with Crippen LogP contribution in [0, 0.1) is 5.92 Å². The molecule has 16 heavy (non-hydrogen) atoms. The van der Waals surface area contributed by atoms with Crippen LogP contribution >= 0.6 is 0 Å². The molecular weight excluding hydrogens is 198 g/mol. The highest BCUT2D eigenvalue weighted by molar-refractivity contribution is 5.91. The van der Waals surface area contributed by atoms with Gasteiger partial charge in [0.15, 0.2) is 5.78 Å². The van der Waals surface area contributed by atoms with Gasteiger partial charge < -0.3 is 4.90 Å². The maximum atomic E-state index is 11.6. The second-order valence-electron chi connectivity index (χ2n) is 5.71. The van der Waals surface area contributed by atoms with Crippen molar-refractivity contribution in [2.45, 2.75) is 64.0 Å². The highest BCUT2D eigenvalue weighted by atomic mass is 16.1. The summed E-state index contributed by atoms with van der Waals surface area (Å²) in [5.74, 6) is 1.24. The number of nitrogens with zero attached hydrogens (tertiary/aromatic N) is 1. The summed E-state index contributed by atoms with van der Waals surface area (Å²) in [6.07, 6.45) is 10.7. The first-order valence-corrected chi connectivity index (χ1v) is 6.77. The normalized spacial score (nSPS) is 38.8. The van der Waals surface area contributed by atoms with Crippen LogP contribution in [-0.2, 0) is 4.79 Å². The first-order chi connectivity index (χ1) is 7.75. The van der Waals surface area contributed by atoms with Gasteiger partial charge >= 0.3 is 0 Å². The van der Waals surface area contributed by atoms with Crippen molar-refractivity contribution in [1.29, 1.82) is 0 Å². The molecule has 3 aliphatic rings. The topological polar surface area (TPSA) is 20.3 Å². The lowest BCUT2D eigenvalue weighted by atomic mass is 9.75. The number of hydrogen-bond acceptors (Lipinski definition) is 2. The molecule has 0 radical (unpaired) electrons. The maximum absolute atomic E-state index is 11.6. The molecule has 88 valence electrons. The summed E-state index contributed by atoms with van der Waals surface area (Å²) < 4.78 is 0. The summed E-state index contributed by atoms with van der Waals surface area (Å²) in [6.45, 7) is 2.22. The summed E-state index contributed by atoms with van der Waals surface area (Å²) in [4.78, 5) is 14.2. The molecule has 2 aliphatic heterocycles. The Morgan fingerprint density at radius 1 is 1.25 bits per heavy atom. The Bertz CT molecular complexity index is 334. The van der Waals surface area contributed by atoms with E-state index in [1.165, 1.54) is 37.8 Å². The van der Waals surface area contributed by atoms with Crippen LogP contribution in [-0.4, -0.2) is 22.8 Å². The maximum Gasteiger partial charge on any atom is 0.159 e. The minimum Gasteiger partial charge on any atom is -0.368 e. The first kappa shape index (κ1) is 10.4. The monoisotopic (exact) mass is 219 g/mol. The quantitative estimate of drug-likeness (QED) is 0.624. The fourth-order valence-electron chi connectivity index (χ4n) is 3.96. The van der Waals surface area contributed by atoms with E-state index >= 15 is 0 Å². The molecule has 2 heteroatoms. The number of ketones is 1. The molecule has 0 N–H and O–H groups in total. The third kappa shape index (κ3) is 1.59. The highest BCUT2D eigenvalue weighted by Gasteiger charge is 2.39. The van der Waals surface area contributed by atoms with Crippen LogP contribution in [0.25, 0.3) is 0 Å². The number of rotatable bonds is 0. The molecule has 1 saturated heterocycles. The molecule has 1 saturated carbocycles. The van der Waals surface area contributed by atoms with Gasteiger partial charge in [-0.25, -0.2) is 0 Å². The Morgan fingerprint density at radius 2 is 2.06 bits per heavy atom. The van der Waals surface area contributed by atoms with E-state index in [0.29, 0.717) is 11.8 Å². The molecule has 3 atom stereocenters. The number of piperidine rings is 1. The zero-order chi connectivity index (χ0) is 11.1. The Kier molecular flexibility index (Phi) is 2.53. The molecule has 1 aliphatic carbocycles. The average Bonchev–Trinajstić information content (AvgIpc) is 2.28. The van der Waals surface area contributed by atoms with Crippen LogP contribution in [0.2, 0.25) is 0 Å². The van der Waals surface area contributed by atoms with Crippen molar-refractivity contribution in [3.8, 4) is 0 Å². The lowest BCUT2D eigenvalue weighted by Crippen LogP contribution is -2.51. The van der Waals surface area contributed by atoms with E-state index in [4.69, 9.17) is 0 Å². The smallest absolute Gasteiger partial charge is 0.159 e. The van der Waals surface area contributed by atoms with Crippen molar-refractivity contribution >= 4 is 5.78 Å². The molecular formula is C14H21NO. The van der Waals surface area contributed by atoms with E-state index in [-0.39, 0.29) is 0 Å². The van der Waals surface area contributed by atoms with Gasteiger partial charge in [0.25, 0.3) is 0 Å². The molecule has 0 aromatic rings. The van der Waals surface area contributed by atoms with Gasteiger partial charge in [0.1, 0.15) is 0 Å². The van der Waals surface area contributed by atoms with Gasteiger partial charge in [-0.05, 0) is 38.5 Å². The van der Waals surface area contributed by atoms with E-state index in [2.05, 4.69) is 11.8 Å². The molecule has 2 nitrogen and oxygen atoms in total. The zero-order valence-corrected chi connectivity index (χ0v) is 10.1. The SMILES string of the molecule is CC1CC(=O)C=C2CCC3CCCCC3N21. The number of allylic oxidation sites excluding steroid dienone is 2. The Morgan fingerprint density at radius 3 is 2.94 bits per heavy atom. The second-order valence-corrected chi connectivity index (χ2v) is 5.71. The molecule has 2 heterocycles. The molecule has 0 bridgehead atoms. The fraction of sp³-hybridized carbons (Fsp3) is 0.786. The van der Waals surface area contributed by atoms with E-state index in [9.17, 15) is 4.79 Å². The van der Waals surface area contributed by atoms with Gasteiger partial charge in [-0.3, -0.25) is 4.79 Å². The van der Waals surface area contributed by atoms with Gasteiger partial charge in [-0.2, -0.15) is 0 Å². The van der Waals surface area contributed by atoms with Crippen LogP contribution < -0.4 is 0 Å². The van der Waals surface area contributed by atoms with Gasteiger partial charge in [0.05, 0.1) is 0 Å². The van der Waals surface area contributed by atoms with Crippen LogP contribution in [0.15, 0.2) is 11.8 Å². The van der Waals surface area contributed by atoms with Crippen LogP contribution in [0.4, 0.5) is 0 Å². The molecule has 0 aromatic carbocycles. The van der Waals surface area contributed by atoms with E-state index < -0.39 is 0 Å². The number of carbonyl (C=O) groups excluding carboxylic acids is 1. The van der Waals surface area contributed by atoms with Crippen molar-refractivity contribution < 1.29 is 4.79 Å². The minimum absolute atomic E-state index is 0.341. The molecule has 2 fully saturated rings. The number of fused-ring (bicyclic) bond motifs is 3. The molecule has 0 aromatic heterocycles. The average molecular weight is 219 g/mol. The Hall–Kier alpha value is -0.790. The largest absolute Gasteiger partial charge is 0.368 e. The number of hydrogen-bond donors (Lipinski definition) is 0. The van der Waals surface area contributed by atoms with Crippen LogP contribution in [0.1, 0.15) is 51.9 Å². The van der Waals surface area contributed by atoms with Gasteiger partial charge in [-0.15, -0.1) is 0 Å². The third-order valence-corrected chi connectivity index (χ3v) is 4.63. The Labute approximate surface area is 97.7 Å². The third-order valence-electron chi connectivity index (χ3n) is 4.63. The fourth-order valence-corrected chi connectivity index (χ4v) is 3.96. The van der Waals surface area contributed by atoms with Crippen LogP contribution in [0.3, 0.4) is 0 Å².